The maximum absolute atomic E-state index is 11.8. The quantitative estimate of drug-likeness (QED) is 0.804. The Kier molecular flexibility index (Phi) is 5.30. The average molecular weight is 300 g/mol. The number of amides is 1. The number of nitrogens with zero attached hydrogens (tertiary/aromatic N) is 2. The van der Waals surface area contributed by atoms with Crippen molar-refractivity contribution in [3.05, 3.63) is 41.7 Å². The third-order valence-corrected chi connectivity index (χ3v) is 2.90. The first-order valence-electron chi connectivity index (χ1n) is 7.22. The van der Waals surface area contributed by atoms with Gasteiger partial charge < -0.3 is 4.74 Å². The molecule has 0 aliphatic carbocycles. The van der Waals surface area contributed by atoms with E-state index < -0.39 is 0 Å². The highest BCUT2D eigenvalue weighted by molar-refractivity contribution is 6.00. The van der Waals surface area contributed by atoms with Crippen molar-refractivity contribution >= 4 is 17.9 Å². The van der Waals surface area contributed by atoms with Gasteiger partial charge >= 0.3 is 0 Å². The Morgan fingerprint density at radius 3 is 2.68 bits per heavy atom. The third-order valence-electron chi connectivity index (χ3n) is 2.90. The number of aromatic nitrogens is 3. The van der Waals surface area contributed by atoms with Gasteiger partial charge in [0.2, 0.25) is 5.95 Å². The molecule has 0 spiro atoms. The van der Waals surface area contributed by atoms with Crippen molar-refractivity contribution in [2.75, 3.05) is 11.9 Å². The van der Waals surface area contributed by atoms with Crippen LogP contribution in [0.4, 0.5) is 5.95 Å². The van der Waals surface area contributed by atoms with Crippen molar-refractivity contribution in [2.45, 2.75) is 26.7 Å². The molecule has 1 heterocycles. The summed E-state index contributed by atoms with van der Waals surface area (Å²) in [6, 6.07) is 7.51. The minimum Gasteiger partial charge on any atom is -0.494 e. The molecule has 0 atom stereocenters. The molecule has 2 aromatic rings. The number of carbonyl (C=O) groups excluding carboxylic acids is 1. The monoisotopic (exact) mass is 300 g/mol. The highest BCUT2D eigenvalue weighted by Gasteiger charge is 2.07. The lowest BCUT2D eigenvalue weighted by Crippen LogP contribution is -2.09. The van der Waals surface area contributed by atoms with Crippen LogP contribution in [0, 0.1) is 0 Å². The molecule has 0 bridgehead atoms. The van der Waals surface area contributed by atoms with E-state index in [0.717, 1.165) is 17.1 Å². The van der Waals surface area contributed by atoms with Crippen molar-refractivity contribution in [3.8, 4) is 5.75 Å². The van der Waals surface area contributed by atoms with Crippen molar-refractivity contribution in [3.63, 3.8) is 0 Å². The van der Waals surface area contributed by atoms with Crippen LogP contribution in [0.25, 0.3) is 6.08 Å². The second-order valence-electron chi connectivity index (χ2n) is 5.02. The largest absolute Gasteiger partial charge is 0.494 e. The van der Waals surface area contributed by atoms with Crippen LogP contribution >= 0.6 is 0 Å². The molecule has 1 aromatic heterocycles. The topological polar surface area (TPSA) is 79.9 Å². The second kappa shape index (κ2) is 7.40. The van der Waals surface area contributed by atoms with E-state index >= 15 is 0 Å². The molecule has 6 heteroatoms. The molecule has 22 heavy (non-hydrogen) atoms. The maximum Gasteiger partial charge on any atom is 0.250 e. The number of nitrogens with one attached hydrogen (secondary N) is 2. The number of hydrogen-bond acceptors (Lipinski definition) is 4. The van der Waals surface area contributed by atoms with Gasteiger partial charge in [-0.1, -0.05) is 26.0 Å². The zero-order valence-corrected chi connectivity index (χ0v) is 13.0. The van der Waals surface area contributed by atoms with Crippen LogP contribution in [0.15, 0.2) is 30.3 Å². The molecule has 2 rings (SSSR count). The maximum atomic E-state index is 11.8. The smallest absolute Gasteiger partial charge is 0.250 e. The van der Waals surface area contributed by atoms with E-state index in [2.05, 4.69) is 20.5 Å². The first-order valence-corrected chi connectivity index (χ1v) is 7.22. The fraction of sp³-hybridized carbons (Fsp3) is 0.312. The summed E-state index contributed by atoms with van der Waals surface area (Å²) in [6.45, 7) is 6.56. The van der Waals surface area contributed by atoms with Crippen LogP contribution in [0.2, 0.25) is 0 Å². The molecule has 0 aliphatic rings. The van der Waals surface area contributed by atoms with Crippen molar-refractivity contribution in [1.29, 1.82) is 0 Å². The van der Waals surface area contributed by atoms with Crippen LogP contribution in [0.1, 0.15) is 38.1 Å². The normalized spacial score (nSPS) is 11.1. The van der Waals surface area contributed by atoms with Crippen LogP contribution in [-0.4, -0.2) is 27.7 Å². The van der Waals surface area contributed by atoms with E-state index in [1.807, 2.05) is 45.0 Å². The fourth-order valence-corrected chi connectivity index (χ4v) is 1.75. The number of benzene rings is 1. The van der Waals surface area contributed by atoms with E-state index in [0.29, 0.717) is 6.61 Å². The first kappa shape index (κ1) is 15.8. The SMILES string of the molecule is CCOc1ccc(/C=C/C(=O)Nc2n[nH]c(C(C)C)n2)cc1. The first-order chi connectivity index (χ1) is 10.6. The zero-order valence-electron chi connectivity index (χ0n) is 13.0. The lowest BCUT2D eigenvalue weighted by molar-refractivity contribution is -0.111. The minimum absolute atomic E-state index is 0.234. The highest BCUT2D eigenvalue weighted by Crippen LogP contribution is 2.13. The number of anilines is 1. The van der Waals surface area contributed by atoms with Crippen LogP contribution < -0.4 is 10.1 Å². The number of carbonyl (C=O) groups is 1. The minimum atomic E-state index is -0.275. The van der Waals surface area contributed by atoms with Gasteiger partial charge in [0.1, 0.15) is 11.6 Å². The number of aromatic amines is 1. The molecule has 0 saturated carbocycles. The van der Waals surface area contributed by atoms with Gasteiger partial charge in [-0.15, -0.1) is 5.10 Å². The Labute approximate surface area is 129 Å². The van der Waals surface area contributed by atoms with E-state index in [4.69, 9.17) is 4.74 Å². The van der Waals surface area contributed by atoms with Gasteiger partial charge in [0.15, 0.2) is 0 Å². The fourth-order valence-electron chi connectivity index (χ4n) is 1.75. The van der Waals surface area contributed by atoms with Gasteiger partial charge in [0.25, 0.3) is 5.91 Å². The van der Waals surface area contributed by atoms with Gasteiger partial charge in [-0.25, -0.2) is 0 Å². The Morgan fingerprint density at radius 1 is 1.36 bits per heavy atom. The Balaban J connectivity index is 1.92. The number of ether oxygens (including phenoxy) is 1. The van der Waals surface area contributed by atoms with Crippen LogP contribution in [-0.2, 0) is 4.79 Å². The third kappa shape index (κ3) is 4.44. The van der Waals surface area contributed by atoms with Gasteiger partial charge in [-0.3, -0.25) is 15.2 Å². The summed E-state index contributed by atoms with van der Waals surface area (Å²) in [7, 11) is 0. The molecule has 0 saturated heterocycles. The van der Waals surface area contributed by atoms with Crippen molar-refractivity contribution < 1.29 is 9.53 Å². The molecule has 1 aromatic carbocycles. The van der Waals surface area contributed by atoms with E-state index in [1.54, 1.807) is 6.08 Å². The Morgan fingerprint density at radius 2 is 2.09 bits per heavy atom. The van der Waals surface area contributed by atoms with E-state index in [1.165, 1.54) is 6.08 Å². The Hall–Kier alpha value is -2.63. The summed E-state index contributed by atoms with van der Waals surface area (Å²) in [5.74, 6) is 1.79. The second-order valence-corrected chi connectivity index (χ2v) is 5.02. The summed E-state index contributed by atoms with van der Waals surface area (Å²) in [6.07, 6.45) is 3.17. The van der Waals surface area contributed by atoms with Crippen molar-refractivity contribution in [2.24, 2.45) is 0 Å². The summed E-state index contributed by atoms with van der Waals surface area (Å²) in [5.41, 5.74) is 0.913. The average Bonchev–Trinajstić information content (AvgIpc) is 2.95. The molecule has 0 unspecified atom stereocenters. The van der Waals surface area contributed by atoms with Gasteiger partial charge in [0.05, 0.1) is 6.61 Å². The molecular weight excluding hydrogens is 280 g/mol. The predicted molar refractivity (Wildman–Crippen MR) is 85.7 cm³/mol. The van der Waals surface area contributed by atoms with Gasteiger partial charge in [-0.05, 0) is 30.7 Å². The molecule has 0 aliphatic heterocycles. The molecule has 1 amide bonds. The van der Waals surface area contributed by atoms with Crippen molar-refractivity contribution in [1.82, 2.24) is 15.2 Å². The van der Waals surface area contributed by atoms with Gasteiger partial charge in [-0.2, -0.15) is 4.98 Å². The molecular formula is C16H20N4O2. The molecule has 6 nitrogen and oxygen atoms in total. The summed E-state index contributed by atoms with van der Waals surface area (Å²) in [4.78, 5) is 16.0. The summed E-state index contributed by atoms with van der Waals surface area (Å²) in [5, 5.41) is 9.35. The zero-order chi connectivity index (χ0) is 15.9. The molecule has 0 radical (unpaired) electrons. The Bertz CT molecular complexity index is 644. The predicted octanol–water partition coefficient (Wildman–Crippen LogP) is 2.98. The molecule has 2 N–H and O–H groups in total. The van der Waals surface area contributed by atoms with Crippen LogP contribution in [0.3, 0.4) is 0 Å². The van der Waals surface area contributed by atoms with Crippen LogP contribution in [0.5, 0.6) is 5.75 Å². The number of H-pyrrole nitrogens is 1. The van der Waals surface area contributed by atoms with Gasteiger partial charge in [0, 0.05) is 12.0 Å². The summed E-state index contributed by atoms with van der Waals surface area (Å²) >= 11 is 0. The molecule has 116 valence electrons. The van der Waals surface area contributed by atoms with E-state index in [9.17, 15) is 4.79 Å². The lowest BCUT2D eigenvalue weighted by Gasteiger charge is -2.02. The standard InChI is InChI=1S/C16H20N4O2/c1-4-22-13-8-5-12(6-9-13)7-10-14(21)17-16-18-15(11(2)3)19-20-16/h5-11H,4H2,1-3H3,(H2,17,18,19,20,21)/b10-7+. The van der Waals surface area contributed by atoms with E-state index in [-0.39, 0.29) is 17.8 Å². The number of rotatable bonds is 6. The lowest BCUT2D eigenvalue weighted by atomic mass is 10.2. The summed E-state index contributed by atoms with van der Waals surface area (Å²) < 4.78 is 5.36. The molecule has 0 fully saturated rings. The number of hydrogen-bond donors (Lipinski definition) is 2. The highest BCUT2D eigenvalue weighted by atomic mass is 16.5.